The Balaban J connectivity index is 1.65. The summed E-state index contributed by atoms with van der Waals surface area (Å²) < 4.78 is 8.62. The number of tetrazole rings is 1. The second kappa shape index (κ2) is 8.16. The fraction of sp³-hybridized carbons (Fsp3) is 0.174. The maximum atomic E-state index is 12.3. The Labute approximate surface area is 179 Å². The highest BCUT2D eigenvalue weighted by molar-refractivity contribution is 6.30. The van der Waals surface area contributed by atoms with Crippen LogP contribution in [0.1, 0.15) is 16.7 Å². The summed E-state index contributed by atoms with van der Waals surface area (Å²) in [5, 5.41) is 8.48. The van der Waals surface area contributed by atoms with Crippen LogP contribution in [0.15, 0.2) is 65.5 Å². The van der Waals surface area contributed by atoms with Gasteiger partial charge in [-0.25, -0.2) is 4.79 Å². The summed E-state index contributed by atoms with van der Waals surface area (Å²) in [4.78, 5) is 12.3. The number of ether oxygens (including phenoxy) is 1. The minimum absolute atomic E-state index is 0.300. The molecule has 0 N–H and O–H groups in total. The van der Waals surface area contributed by atoms with Crippen LogP contribution in [-0.2, 0) is 13.7 Å². The standard InChI is InChI=1S/C23H21ClN4O2/c1-15-5-4-6-22(28-23(29)27(3)25-26-28)21(15)14-30-19-12-7-16(2)20(13-19)17-8-10-18(24)11-9-17/h4-13H,14H2,1-3H3. The van der Waals surface area contributed by atoms with E-state index in [9.17, 15) is 4.79 Å². The molecule has 0 spiro atoms. The number of aryl methyl sites for hydroxylation is 3. The number of hydrogen-bond acceptors (Lipinski definition) is 4. The zero-order valence-corrected chi connectivity index (χ0v) is 17.7. The summed E-state index contributed by atoms with van der Waals surface area (Å²) in [5.74, 6) is 0.742. The average molecular weight is 421 g/mol. The van der Waals surface area contributed by atoms with Gasteiger partial charge < -0.3 is 4.74 Å². The Morgan fingerprint density at radius 1 is 0.967 bits per heavy atom. The van der Waals surface area contributed by atoms with Gasteiger partial charge in [0.15, 0.2) is 0 Å². The van der Waals surface area contributed by atoms with Crippen molar-refractivity contribution in [3.8, 4) is 22.6 Å². The summed E-state index contributed by atoms with van der Waals surface area (Å²) in [5.41, 5.74) is 5.56. The number of hydrogen-bond donors (Lipinski definition) is 0. The average Bonchev–Trinajstić information content (AvgIpc) is 3.07. The van der Waals surface area contributed by atoms with Crippen molar-refractivity contribution in [1.29, 1.82) is 0 Å². The van der Waals surface area contributed by atoms with Crippen LogP contribution >= 0.6 is 11.6 Å². The van der Waals surface area contributed by atoms with Gasteiger partial charge in [0.2, 0.25) is 0 Å². The Morgan fingerprint density at radius 2 is 1.73 bits per heavy atom. The van der Waals surface area contributed by atoms with Gasteiger partial charge in [-0.05, 0) is 76.9 Å². The molecule has 0 unspecified atom stereocenters. The molecule has 0 bridgehead atoms. The largest absolute Gasteiger partial charge is 0.489 e. The maximum Gasteiger partial charge on any atom is 0.368 e. The van der Waals surface area contributed by atoms with E-state index >= 15 is 0 Å². The Morgan fingerprint density at radius 3 is 2.43 bits per heavy atom. The number of aromatic nitrogens is 4. The lowest BCUT2D eigenvalue weighted by Crippen LogP contribution is -2.23. The second-order valence-corrected chi connectivity index (χ2v) is 7.58. The minimum Gasteiger partial charge on any atom is -0.489 e. The van der Waals surface area contributed by atoms with Gasteiger partial charge in [-0.1, -0.05) is 41.9 Å². The van der Waals surface area contributed by atoms with Crippen LogP contribution in [0.25, 0.3) is 16.8 Å². The molecule has 30 heavy (non-hydrogen) atoms. The summed E-state index contributed by atoms with van der Waals surface area (Å²) in [6.07, 6.45) is 0. The minimum atomic E-state index is -0.304. The molecule has 1 heterocycles. The van der Waals surface area contributed by atoms with E-state index in [1.54, 1.807) is 7.05 Å². The van der Waals surface area contributed by atoms with Crippen molar-refractivity contribution in [2.45, 2.75) is 20.5 Å². The number of nitrogens with zero attached hydrogens (tertiary/aromatic N) is 4. The van der Waals surface area contributed by atoms with Gasteiger partial charge in [-0.15, -0.1) is 0 Å². The van der Waals surface area contributed by atoms with Crippen molar-refractivity contribution in [3.05, 3.63) is 92.9 Å². The van der Waals surface area contributed by atoms with Crippen molar-refractivity contribution in [2.75, 3.05) is 0 Å². The van der Waals surface area contributed by atoms with Crippen molar-refractivity contribution in [3.63, 3.8) is 0 Å². The molecule has 4 rings (SSSR count). The van der Waals surface area contributed by atoms with Crippen LogP contribution in [0.3, 0.4) is 0 Å². The lowest BCUT2D eigenvalue weighted by atomic mass is 10.0. The number of halogens is 1. The van der Waals surface area contributed by atoms with E-state index < -0.39 is 0 Å². The molecule has 0 saturated heterocycles. The SMILES string of the molecule is Cc1ccc(OCc2c(C)cccc2-n2nnn(C)c2=O)cc1-c1ccc(Cl)cc1. The van der Waals surface area contributed by atoms with Gasteiger partial charge in [0.1, 0.15) is 12.4 Å². The monoisotopic (exact) mass is 420 g/mol. The first-order valence-electron chi connectivity index (χ1n) is 9.51. The predicted octanol–water partition coefficient (Wildman–Crippen LogP) is 4.48. The maximum absolute atomic E-state index is 12.3. The lowest BCUT2D eigenvalue weighted by Gasteiger charge is -2.14. The summed E-state index contributed by atoms with van der Waals surface area (Å²) in [6.45, 7) is 4.35. The van der Waals surface area contributed by atoms with Crippen LogP contribution in [0.5, 0.6) is 5.75 Å². The Kier molecular flexibility index (Phi) is 5.42. The molecule has 0 aliphatic heterocycles. The van der Waals surface area contributed by atoms with Gasteiger partial charge in [0, 0.05) is 17.6 Å². The van der Waals surface area contributed by atoms with E-state index in [0.29, 0.717) is 17.3 Å². The highest BCUT2D eigenvalue weighted by Crippen LogP contribution is 2.29. The van der Waals surface area contributed by atoms with Crippen LogP contribution in [-0.4, -0.2) is 19.8 Å². The molecular weight excluding hydrogens is 400 g/mol. The first-order valence-corrected chi connectivity index (χ1v) is 9.89. The normalized spacial score (nSPS) is 10.9. The molecule has 6 nitrogen and oxygen atoms in total. The van der Waals surface area contributed by atoms with Gasteiger partial charge in [-0.2, -0.15) is 9.36 Å². The highest BCUT2D eigenvalue weighted by atomic mass is 35.5. The van der Waals surface area contributed by atoms with Gasteiger partial charge in [0.25, 0.3) is 0 Å². The predicted molar refractivity (Wildman–Crippen MR) is 117 cm³/mol. The van der Waals surface area contributed by atoms with Crippen LogP contribution < -0.4 is 10.4 Å². The zero-order chi connectivity index (χ0) is 21.3. The molecule has 0 amide bonds. The highest BCUT2D eigenvalue weighted by Gasteiger charge is 2.14. The molecule has 0 radical (unpaired) electrons. The lowest BCUT2D eigenvalue weighted by molar-refractivity contribution is 0.305. The number of rotatable bonds is 5. The van der Waals surface area contributed by atoms with E-state index in [1.165, 1.54) is 9.36 Å². The third-order valence-electron chi connectivity index (χ3n) is 5.08. The van der Waals surface area contributed by atoms with E-state index in [2.05, 4.69) is 17.4 Å². The smallest absolute Gasteiger partial charge is 0.368 e. The zero-order valence-electron chi connectivity index (χ0n) is 17.0. The second-order valence-electron chi connectivity index (χ2n) is 7.14. The van der Waals surface area contributed by atoms with E-state index in [0.717, 1.165) is 33.6 Å². The fourth-order valence-corrected chi connectivity index (χ4v) is 3.45. The Hall–Kier alpha value is -3.38. The van der Waals surface area contributed by atoms with Crippen molar-refractivity contribution in [2.24, 2.45) is 7.05 Å². The van der Waals surface area contributed by atoms with E-state index in [1.807, 2.05) is 67.6 Å². The molecule has 0 fully saturated rings. The first-order chi connectivity index (χ1) is 14.4. The first kappa shape index (κ1) is 19.9. The van der Waals surface area contributed by atoms with Crippen molar-refractivity contribution < 1.29 is 4.74 Å². The molecule has 0 aliphatic carbocycles. The molecule has 4 aromatic rings. The van der Waals surface area contributed by atoms with Gasteiger partial charge >= 0.3 is 5.69 Å². The van der Waals surface area contributed by atoms with Crippen LogP contribution in [0, 0.1) is 13.8 Å². The molecule has 1 aromatic heterocycles. The van der Waals surface area contributed by atoms with Crippen molar-refractivity contribution in [1.82, 2.24) is 19.8 Å². The molecule has 0 aliphatic rings. The molecule has 0 saturated carbocycles. The summed E-state index contributed by atoms with van der Waals surface area (Å²) in [7, 11) is 1.57. The third kappa shape index (κ3) is 3.86. The number of benzene rings is 3. The topological polar surface area (TPSA) is 61.9 Å². The molecule has 3 aromatic carbocycles. The molecular formula is C23H21ClN4O2. The van der Waals surface area contributed by atoms with Crippen LogP contribution in [0.4, 0.5) is 0 Å². The van der Waals surface area contributed by atoms with Crippen molar-refractivity contribution >= 4 is 11.6 Å². The third-order valence-corrected chi connectivity index (χ3v) is 5.33. The van der Waals surface area contributed by atoms with E-state index in [4.69, 9.17) is 16.3 Å². The molecule has 7 heteroatoms. The summed E-state index contributed by atoms with van der Waals surface area (Å²) in [6, 6.07) is 19.5. The Bertz CT molecular complexity index is 1260. The molecule has 0 atom stereocenters. The van der Waals surface area contributed by atoms with Gasteiger partial charge in [-0.3, -0.25) is 0 Å². The van der Waals surface area contributed by atoms with E-state index in [-0.39, 0.29) is 5.69 Å². The molecule has 152 valence electrons. The summed E-state index contributed by atoms with van der Waals surface area (Å²) >= 11 is 6.02. The quantitative estimate of drug-likeness (QED) is 0.477. The van der Waals surface area contributed by atoms with Crippen LogP contribution in [0.2, 0.25) is 5.02 Å². The fourth-order valence-electron chi connectivity index (χ4n) is 3.32. The van der Waals surface area contributed by atoms with Gasteiger partial charge in [0.05, 0.1) is 5.69 Å².